The molecule has 0 spiro atoms. The number of hydrogen-bond acceptors (Lipinski definition) is 1. The predicted molar refractivity (Wildman–Crippen MR) is 64.8 cm³/mol. The molecule has 1 aromatic heterocycles. The zero-order valence-corrected chi connectivity index (χ0v) is 9.61. The Hall–Kier alpha value is -1.55. The highest BCUT2D eigenvalue weighted by Gasteiger charge is 2.30. The van der Waals surface area contributed by atoms with Gasteiger partial charge < -0.3 is 0 Å². The lowest BCUT2D eigenvalue weighted by Gasteiger charge is -2.10. The van der Waals surface area contributed by atoms with E-state index in [0.29, 0.717) is 11.1 Å². The van der Waals surface area contributed by atoms with Crippen LogP contribution in [-0.4, -0.2) is 0 Å². The summed E-state index contributed by atoms with van der Waals surface area (Å²) in [5.41, 5.74) is 1.42. The lowest BCUT2D eigenvalue weighted by molar-refractivity contribution is -0.137. The number of alkyl halides is 3. The number of halogens is 3. The Bertz CT molecular complexity index is 524. The predicted octanol–water partition coefficient (Wildman–Crippen LogP) is 5.08. The average Bonchev–Trinajstić information content (AvgIpc) is 2.80. The van der Waals surface area contributed by atoms with Crippen LogP contribution in [0.2, 0.25) is 0 Å². The fourth-order valence-electron chi connectivity index (χ4n) is 1.58. The summed E-state index contributed by atoms with van der Waals surface area (Å²) in [6, 6.07) is 5.49. The molecule has 0 radical (unpaired) electrons. The van der Waals surface area contributed by atoms with E-state index in [4.69, 9.17) is 0 Å². The van der Waals surface area contributed by atoms with E-state index in [9.17, 15) is 13.2 Å². The van der Waals surface area contributed by atoms with E-state index in [1.165, 1.54) is 23.5 Å². The Labute approximate surface area is 101 Å². The van der Waals surface area contributed by atoms with Crippen molar-refractivity contribution >= 4 is 17.4 Å². The van der Waals surface area contributed by atoms with Crippen LogP contribution in [-0.2, 0) is 6.18 Å². The average molecular weight is 254 g/mol. The Kier molecular flexibility index (Phi) is 3.07. The largest absolute Gasteiger partial charge is 0.416 e. The zero-order valence-electron chi connectivity index (χ0n) is 8.79. The van der Waals surface area contributed by atoms with Crippen molar-refractivity contribution in [3.63, 3.8) is 0 Å². The maximum atomic E-state index is 12.6. The van der Waals surface area contributed by atoms with Gasteiger partial charge in [-0.1, -0.05) is 18.7 Å². The van der Waals surface area contributed by atoms with Crippen LogP contribution in [0.3, 0.4) is 0 Å². The van der Waals surface area contributed by atoms with E-state index in [1.54, 1.807) is 12.1 Å². The van der Waals surface area contributed by atoms with Crippen LogP contribution in [0, 0.1) is 0 Å². The molecule has 0 aliphatic carbocycles. The summed E-state index contributed by atoms with van der Waals surface area (Å²) in [5.74, 6) is 0. The molecule has 17 heavy (non-hydrogen) atoms. The molecule has 1 heterocycles. The molecule has 0 unspecified atom stereocenters. The van der Waals surface area contributed by atoms with E-state index in [-0.39, 0.29) is 0 Å². The topological polar surface area (TPSA) is 0 Å². The number of hydrogen-bond donors (Lipinski definition) is 0. The second-order valence-corrected chi connectivity index (χ2v) is 4.30. The minimum absolute atomic E-state index is 0.566. The third-order valence-corrected chi connectivity index (χ3v) is 3.12. The van der Waals surface area contributed by atoms with Crippen molar-refractivity contribution in [3.05, 3.63) is 52.7 Å². The molecule has 1 aromatic carbocycles. The van der Waals surface area contributed by atoms with Gasteiger partial charge >= 0.3 is 6.18 Å². The van der Waals surface area contributed by atoms with Gasteiger partial charge in [-0.15, -0.1) is 0 Å². The summed E-state index contributed by atoms with van der Waals surface area (Å²) in [7, 11) is 0. The molecule has 0 atom stereocenters. The Balaban J connectivity index is 2.59. The minimum atomic E-state index is -4.32. The Morgan fingerprint density at radius 2 is 1.94 bits per heavy atom. The van der Waals surface area contributed by atoms with Crippen LogP contribution < -0.4 is 0 Å². The molecule has 0 fully saturated rings. The fraction of sp³-hybridized carbons (Fsp3) is 0.0769. The van der Waals surface area contributed by atoms with Crippen molar-refractivity contribution in [2.45, 2.75) is 6.18 Å². The van der Waals surface area contributed by atoms with Crippen molar-refractivity contribution in [2.75, 3.05) is 0 Å². The van der Waals surface area contributed by atoms with E-state index >= 15 is 0 Å². The molecule has 0 nitrogen and oxygen atoms in total. The highest BCUT2D eigenvalue weighted by molar-refractivity contribution is 7.08. The van der Waals surface area contributed by atoms with Gasteiger partial charge in [0.1, 0.15) is 0 Å². The van der Waals surface area contributed by atoms with Gasteiger partial charge in [-0.3, -0.25) is 0 Å². The Morgan fingerprint density at radius 3 is 2.47 bits per heavy atom. The molecule has 0 aliphatic heterocycles. The second kappa shape index (κ2) is 4.37. The molecule has 88 valence electrons. The van der Waals surface area contributed by atoms with Gasteiger partial charge in [-0.05, 0) is 45.6 Å². The van der Waals surface area contributed by atoms with Gasteiger partial charge in [0.2, 0.25) is 0 Å². The number of rotatable bonds is 2. The standard InChI is InChI=1S/C13H9F3S/c1-2-9-3-4-11(13(14,15)16)7-12(9)10-5-6-17-8-10/h2-8H,1H2. The summed E-state index contributed by atoms with van der Waals surface area (Å²) in [6.07, 6.45) is -2.75. The first kappa shape index (κ1) is 11.9. The lowest BCUT2D eigenvalue weighted by Crippen LogP contribution is -2.05. The number of thiophene rings is 1. The van der Waals surface area contributed by atoms with Crippen molar-refractivity contribution in [3.8, 4) is 11.1 Å². The van der Waals surface area contributed by atoms with Crippen LogP contribution in [0.1, 0.15) is 11.1 Å². The first-order chi connectivity index (χ1) is 8.02. The molecule has 0 aliphatic rings. The first-order valence-electron chi connectivity index (χ1n) is 4.88. The normalized spacial score (nSPS) is 11.5. The van der Waals surface area contributed by atoms with E-state index < -0.39 is 11.7 Å². The smallest absolute Gasteiger partial charge is 0.166 e. The van der Waals surface area contributed by atoms with Crippen LogP contribution in [0.5, 0.6) is 0 Å². The van der Waals surface area contributed by atoms with Crippen LogP contribution in [0.25, 0.3) is 17.2 Å². The van der Waals surface area contributed by atoms with Crippen molar-refractivity contribution in [1.29, 1.82) is 0 Å². The quantitative estimate of drug-likeness (QED) is 0.701. The van der Waals surface area contributed by atoms with Crippen molar-refractivity contribution in [1.82, 2.24) is 0 Å². The van der Waals surface area contributed by atoms with Gasteiger partial charge in [0.15, 0.2) is 0 Å². The molecule has 0 saturated heterocycles. The third kappa shape index (κ3) is 2.42. The molecule has 0 N–H and O–H groups in total. The summed E-state index contributed by atoms with van der Waals surface area (Å²) in [4.78, 5) is 0. The minimum Gasteiger partial charge on any atom is -0.166 e. The van der Waals surface area contributed by atoms with Crippen molar-refractivity contribution < 1.29 is 13.2 Å². The van der Waals surface area contributed by atoms with Gasteiger partial charge in [0.05, 0.1) is 5.56 Å². The highest BCUT2D eigenvalue weighted by atomic mass is 32.1. The summed E-state index contributed by atoms with van der Waals surface area (Å²) in [5, 5.41) is 3.66. The molecular weight excluding hydrogens is 245 g/mol. The first-order valence-corrected chi connectivity index (χ1v) is 5.83. The molecule has 2 rings (SSSR count). The number of benzene rings is 1. The maximum absolute atomic E-state index is 12.6. The summed E-state index contributed by atoms with van der Waals surface area (Å²) in [6.45, 7) is 3.62. The SMILES string of the molecule is C=Cc1ccc(C(F)(F)F)cc1-c1ccsc1. The van der Waals surface area contributed by atoms with E-state index in [2.05, 4.69) is 6.58 Å². The molecule has 2 aromatic rings. The lowest BCUT2D eigenvalue weighted by atomic mass is 9.99. The van der Waals surface area contributed by atoms with E-state index in [1.807, 2.05) is 10.8 Å². The highest BCUT2D eigenvalue weighted by Crippen LogP contribution is 2.34. The van der Waals surface area contributed by atoms with Gasteiger partial charge in [-0.25, -0.2) is 0 Å². The van der Waals surface area contributed by atoms with Gasteiger partial charge in [0.25, 0.3) is 0 Å². The molecular formula is C13H9F3S. The fourth-order valence-corrected chi connectivity index (χ4v) is 2.23. The molecule has 0 bridgehead atoms. The molecule has 0 amide bonds. The van der Waals surface area contributed by atoms with E-state index in [0.717, 1.165) is 11.6 Å². The van der Waals surface area contributed by atoms with Crippen LogP contribution >= 0.6 is 11.3 Å². The second-order valence-electron chi connectivity index (χ2n) is 3.52. The van der Waals surface area contributed by atoms with Gasteiger partial charge in [0, 0.05) is 0 Å². The molecule has 0 saturated carbocycles. The Morgan fingerprint density at radius 1 is 1.18 bits per heavy atom. The summed E-state index contributed by atoms with van der Waals surface area (Å²) < 4.78 is 37.9. The molecule has 4 heteroatoms. The zero-order chi connectivity index (χ0) is 12.5. The monoisotopic (exact) mass is 254 g/mol. The van der Waals surface area contributed by atoms with Crippen LogP contribution in [0.4, 0.5) is 13.2 Å². The maximum Gasteiger partial charge on any atom is 0.416 e. The third-order valence-electron chi connectivity index (χ3n) is 2.43. The van der Waals surface area contributed by atoms with Crippen LogP contribution in [0.15, 0.2) is 41.6 Å². The summed E-state index contributed by atoms with van der Waals surface area (Å²) >= 11 is 1.45. The van der Waals surface area contributed by atoms with Crippen molar-refractivity contribution in [2.24, 2.45) is 0 Å². The van der Waals surface area contributed by atoms with Gasteiger partial charge in [-0.2, -0.15) is 24.5 Å².